The van der Waals surface area contributed by atoms with Gasteiger partial charge in [-0.05, 0) is 13.5 Å². The normalized spacial score (nSPS) is 13.4. The largest absolute Gasteiger partial charge is 0.312 e. The van der Waals surface area contributed by atoms with Crippen molar-refractivity contribution in [3.63, 3.8) is 0 Å². The quantitative estimate of drug-likeness (QED) is 0.716. The van der Waals surface area contributed by atoms with E-state index in [1.165, 1.54) is 11.7 Å². The van der Waals surface area contributed by atoms with Crippen LogP contribution in [0.15, 0.2) is 6.20 Å². The molecule has 56 valence electrons. The minimum absolute atomic E-state index is 0.374. The van der Waals surface area contributed by atoms with Gasteiger partial charge in [0.05, 0.1) is 29.7 Å². The molecule has 1 aromatic heterocycles. The lowest BCUT2D eigenvalue weighted by molar-refractivity contribution is 0.566. The average molecular weight is 157 g/mol. The Morgan fingerprint density at radius 1 is 1.80 bits per heavy atom. The molecule has 0 aliphatic carbocycles. The maximum Gasteiger partial charge on any atom is 0.0912 e. The molecule has 1 unspecified atom stereocenters. The maximum atomic E-state index is 4.13. The number of rotatable bonds is 3. The SMILES string of the molecule is CCC(NC)c1cnsn1. The van der Waals surface area contributed by atoms with Gasteiger partial charge in [-0.1, -0.05) is 6.92 Å². The van der Waals surface area contributed by atoms with Crippen LogP contribution in [-0.2, 0) is 0 Å². The second kappa shape index (κ2) is 3.63. The van der Waals surface area contributed by atoms with Crippen molar-refractivity contribution >= 4 is 11.7 Å². The summed E-state index contributed by atoms with van der Waals surface area (Å²) in [7, 11) is 1.94. The standard InChI is InChI=1S/C6H11N3S/c1-3-5(7-2)6-4-8-10-9-6/h4-5,7H,3H2,1-2H3. The van der Waals surface area contributed by atoms with E-state index in [2.05, 4.69) is 21.0 Å². The Bertz CT molecular complexity index is 169. The molecule has 1 atom stereocenters. The summed E-state index contributed by atoms with van der Waals surface area (Å²) in [6.45, 7) is 2.13. The van der Waals surface area contributed by atoms with Crippen molar-refractivity contribution in [2.45, 2.75) is 19.4 Å². The summed E-state index contributed by atoms with van der Waals surface area (Å²) in [5.74, 6) is 0. The highest BCUT2D eigenvalue weighted by Gasteiger charge is 2.07. The van der Waals surface area contributed by atoms with Crippen molar-refractivity contribution in [3.05, 3.63) is 11.9 Å². The van der Waals surface area contributed by atoms with Gasteiger partial charge < -0.3 is 5.32 Å². The third kappa shape index (κ3) is 1.52. The van der Waals surface area contributed by atoms with Gasteiger partial charge in [0.1, 0.15) is 0 Å². The first-order chi connectivity index (χ1) is 4.88. The summed E-state index contributed by atoms with van der Waals surface area (Å²) in [5, 5.41) is 3.16. The van der Waals surface area contributed by atoms with E-state index in [1.807, 2.05) is 13.2 Å². The van der Waals surface area contributed by atoms with E-state index >= 15 is 0 Å². The van der Waals surface area contributed by atoms with Crippen LogP contribution in [0.5, 0.6) is 0 Å². The first-order valence-corrected chi connectivity index (χ1v) is 4.06. The summed E-state index contributed by atoms with van der Waals surface area (Å²) in [6, 6.07) is 0.374. The van der Waals surface area contributed by atoms with Crippen LogP contribution in [0.1, 0.15) is 25.1 Å². The minimum atomic E-state index is 0.374. The first-order valence-electron chi connectivity index (χ1n) is 3.33. The van der Waals surface area contributed by atoms with Gasteiger partial charge >= 0.3 is 0 Å². The lowest BCUT2D eigenvalue weighted by Gasteiger charge is -2.08. The van der Waals surface area contributed by atoms with E-state index in [1.54, 1.807) is 0 Å². The van der Waals surface area contributed by atoms with E-state index in [0.717, 1.165) is 12.1 Å². The molecular weight excluding hydrogens is 146 g/mol. The molecule has 4 heteroatoms. The van der Waals surface area contributed by atoms with Crippen LogP contribution < -0.4 is 5.32 Å². The molecule has 0 saturated heterocycles. The molecule has 0 amide bonds. The van der Waals surface area contributed by atoms with Crippen molar-refractivity contribution in [1.82, 2.24) is 14.1 Å². The van der Waals surface area contributed by atoms with Crippen molar-refractivity contribution < 1.29 is 0 Å². The molecule has 0 aromatic carbocycles. The van der Waals surface area contributed by atoms with Gasteiger partial charge in [-0.3, -0.25) is 0 Å². The predicted octanol–water partition coefficient (Wildman–Crippen LogP) is 1.21. The van der Waals surface area contributed by atoms with Crippen LogP contribution in [0.25, 0.3) is 0 Å². The van der Waals surface area contributed by atoms with Crippen molar-refractivity contribution in [1.29, 1.82) is 0 Å². The fourth-order valence-corrected chi connectivity index (χ4v) is 1.36. The molecular formula is C6H11N3S. The molecule has 0 fully saturated rings. The van der Waals surface area contributed by atoms with Crippen LogP contribution in [-0.4, -0.2) is 15.8 Å². The topological polar surface area (TPSA) is 37.8 Å². The Balaban J connectivity index is 2.64. The van der Waals surface area contributed by atoms with Crippen molar-refractivity contribution in [2.24, 2.45) is 0 Å². The lowest BCUT2D eigenvalue weighted by Crippen LogP contribution is -2.15. The smallest absolute Gasteiger partial charge is 0.0912 e. The molecule has 3 nitrogen and oxygen atoms in total. The molecule has 1 N–H and O–H groups in total. The predicted molar refractivity (Wildman–Crippen MR) is 42.0 cm³/mol. The van der Waals surface area contributed by atoms with Gasteiger partial charge in [-0.15, -0.1) is 0 Å². The molecule has 0 spiro atoms. The number of nitrogens with zero attached hydrogens (tertiary/aromatic N) is 2. The molecule has 1 aromatic rings. The van der Waals surface area contributed by atoms with E-state index < -0.39 is 0 Å². The Kier molecular flexibility index (Phi) is 2.77. The van der Waals surface area contributed by atoms with E-state index in [-0.39, 0.29) is 0 Å². The number of hydrogen-bond donors (Lipinski definition) is 1. The Morgan fingerprint density at radius 3 is 3.00 bits per heavy atom. The van der Waals surface area contributed by atoms with Gasteiger partial charge in [0, 0.05) is 0 Å². The zero-order valence-electron chi connectivity index (χ0n) is 6.16. The summed E-state index contributed by atoms with van der Waals surface area (Å²) in [4.78, 5) is 0. The first kappa shape index (κ1) is 7.63. The Hall–Kier alpha value is -0.480. The highest BCUT2D eigenvalue weighted by atomic mass is 32.1. The fraction of sp³-hybridized carbons (Fsp3) is 0.667. The summed E-state index contributed by atoms with van der Waals surface area (Å²) >= 11 is 1.26. The zero-order chi connectivity index (χ0) is 7.40. The van der Waals surface area contributed by atoms with E-state index in [9.17, 15) is 0 Å². The molecule has 1 heterocycles. The van der Waals surface area contributed by atoms with Gasteiger partial charge in [-0.25, -0.2) is 0 Å². The highest BCUT2D eigenvalue weighted by molar-refractivity contribution is 6.99. The third-order valence-electron chi connectivity index (χ3n) is 1.49. The Morgan fingerprint density at radius 2 is 2.60 bits per heavy atom. The van der Waals surface area contributed by atoms with E-state index in [4.69, 9.17) is 0 Å². The fourth-order valence-electron chi connectivity index (χ4n) is 0.887. The van der Waals surface area contributed by atoms with Gasteiger partial charge in [-0.2, -0.15) is 8.75 Å². The maximum absolute atomic E-state index is 4.13. The Labute approximate surface area is 64.8 Å². The number of aromatic nitrogens is 2. The van der Waals surface area contributed by atoms with Gasteiger partial charge in [0.2, 0.25) is 0 Å². The third-order valence-corrected chi connectivity index (χ3v) is 1.98. The summed E-state index contributed by atoms with van der Waals surface area (Å²) in [5.41, 5.74) is 1.05. The molecule has 0 radical (unpaired) electrons. The zero-order valence-corrected chi connectivity index (χ0v) is 6.98. The summed E-state index contributed by atoms with van der Waals surface area (Å²) < 4.78 is 8.06. The van der Waals surface area contributed by atoms with Gasteiger partial charge in [0.25, 0.3) is 0 Å². The highest BCUT2D eigenvalue weighted by Crippen LogP contribution is 2.12. The van der Waals surface area contributed by atoms with Crippen LogP contribution in [0.2, 0.25) is 0 Å². The van der Waals surface area contributed by atoms with Crippen molar-refractivity contribution in [3.8, 4) is 0 Å². The number of nitrogens with one attached hydrogen (secondary N) is 1. The summed E-state index contributed by atoms with van der Waals surface area (Å²) in [6.07, 6.45) is 2.87. The molecule has 10 heavy (non-hydrogen) atoms. The average Bonchev–Trinajstić information content (AvgIpc) is 2.43. The second-order valence-electron chi connectivity index (χ2n) is 2.08. The molecule has 1 rings (SSSR count). The molecule has 0 aliphatic rings. The molecule has 0 bridgehead atoms. The lowest BCUT2D eigenvalue weighted by atomic mass is 10.2. The van der Waals surface area contributed by atoms with Crippen LogP contribution >= 0.6 is 11.7 Å². The van der Waals surface area contributed by atoms with Crippen LogP contribution in [0, 0.1) is 0 Å². The van der Waals surface area contributed by atoms with Crippen molar-refractivity contribution in [2.75, 3.05) is 7.05 Å². The second-order valence-corrected chi connectivity index (χ2v) is 2.64. The van der Waals surface area contributed by atoms with Crippen LogP contribution in [0.3, 0.4) is 0 Å². The molecule has 0 aliphatic heterocycles. The van der Waals surface area contributed by atoms with E-state index in [0.29, 0.717) is 6.04 Å². The minimum Gasteiger partial charge on any atom is -0.312 e. The number of hydrogen-bond acceptors (Lipinski definition) is 4. The monoisotopic (exact) mass is 157 g/mol. The van der Waals surface area contributed by atoms with Crippen LogP contribution in [0.4, 0.5) is 0 Å². The van der Waals surface area contributed by atoms with Gasteiger partial charge in [0.15, 0.2) is 0 Å². The molecule has 0 saturated carbocycles.